The van der Waals surface area contributed by atoms with Gasteiger partial charge in [0.25, 0.3) is 0 Å². The molecule has 1 atom stereocenters. The van der Waals surface area contributed by atoms with Gasteiger partial charge in [-0.2, -0.15) is 0 Å². The molecule has 0 saturated heterocycles. The highest BCUT2D eigenvalue weighted by molar-refractivity contribution is 5.22. The van der Waals surface area contributed by atoms with Gasteiger partial charge in [-0.1, -0.05) is 60.7 Å². The van der Waals surface area contributed by atoms with Crippen LogP contribution in [0.25, 0.3) is 0 Å². The molecule has 0 fully saturated rings. The minimum absolute atomic E-state index is 0.603. The summed E-state index contributed by atoms with van der Waals surface area (Å²) in [5, 5.41) is 10.6. The Labute approximate surface area is 115 Å². The first-order valence-corrected chi connectivity index (χ1v) is 6.58. The van der Waals surface area contributed by atoms with Crippen LogP contribution in [0, 0.1) is 0 Å². The van der Waals surface area contributed by atoms with Crippen LogP contribution in [0.3, 0.4) is 0 Å². The maximum atomic E-state index is 10.6. The molecule has 2 nitrogen and oxygen atoms in total. The highest BCUT2D eigenvalue weighted by Gasteiger charge is 2.24. The summed E-state index contributed by atoms with van der Waals surface area (Å²) in [6.45, 7) is 3.31. The molecule has 2 aromatic rings. The van der Waals surface area contributed by atoms with Crippen LogP contribution in [0.15, 0.2) is 60.7 Å². The van der Waals surface area contributed by atoms with Crippen LogP contribution >= 0.6 is 0 Å². The van der Waals surface area contributed by atoms with E-state index in [0.717, 1.165) is 12.1 Å². The average molecular weight is 255 g/mol. The Kier molecular flexibility index (Phi) is 4.35. The molecule has 0 bridgehead atoms. The van der Waals surface area contributed by atoms with Crippen LogP contribution in [-0.4, -0.2) is 23.6 Å². The van der Waals surface area contributed by atoms with E-state index < -0.39 is 5.60 Å². The molecule has 0 aliphatic heterocycles. The highest BCUT2D eigenvalue weighted by Crippen LogP contribution is 2.21. The zero-order chi connectivity index (χ0) is 13.7. The lowest BCUT2D eigenvalue weighted by atomic mass is 9.95. The van der Waals surface area contributed by atoms with Crippen molar-refractivity contribution in [2.75, 3.05) is 13.6 Å². The predicted octanol–water partition coefficient (Wildman–Crippen LogP) is 3.03. The Morgan fingerprint density at radius 2 is 1.47 bits per heavy atom. The normalized spacial score (nSPS) is 14.3. The second-order valence-corrected chi connectivity index (χ2v) is 5.30. The minimum atomic E-state index is -0.829. The summed E-state index contributed by atoms with van der Waals surface area (Å²) < 4.78 is 0. The van der Waals surface area contributed by atoms with Gasteiger partial charge in [-0.25, -0.2) is 0 Å². The largest absolute Gasteiger partial charge is 0.384 e. The van der Waals surface area contributed by atoms with Crippen molar-refractivity contribution in [3.8, 4) is 0 Å². The molecule has 0 spiro atoms. The molecule has 1 unspecified atom stereocenters. The molecule has 0 radical (unpaired) electrons. The zero-order valence-electron chi connectivity index (χ0n) is 11.6. The molecule has 19 heavy (non-hydrogen) atoms. The topological polar surface area (TPSA) is 23.5 Å². The smallest absolute Gasteiger partial charge is 0.0994 e. The average Bonchev–Trinajstić information content (AvgIpc) is 2.40. The lowest BCUT2D eigenvalue weighted by Crippen LogP contribution is -2.36. The maximum Gasteiger partial charge on any atom is 0.0994 e. The Balaban J connectivity index is 2.00. The third-order valence-electron chi connectivity index (χ3n) is 3.27. The molecule has 0 amide bonds. The first-order chi connectivity index (χ1) is 9.08. The molecular weight excluding hydrogens is 234 g/mol. The molecule has 0 aliphatic carbocycles. The van der Waals surface area contributed by atoms with Crippen molar-refractivity contribution < 1.29 is 5.11 Å². The standard InChI is InChI=1S/C17H21NO/c1-17(19,16-11-7-4-8-12-16)14-18(2)13-15-9-5-3-6-10-15/h3-12,19H,13-14H2,1-2H3. The molecule has 1 N–H and O–H groups in total. The summed E-state index contributed by atoms with van der Waals surface area (Å²) in [4.78, 5) is 2.14. The van der Waals surface area contributed by atoms with Crippen LogP contribution in [-0.2, 0) is 12.1 Å². The number of hydrogen-bond acceptors (Lipinski definition) is 2. The quantitative estimate of drug-likeness (QED) is 0.887. The van der Waals surface area contributed by atoms with Crippen LogP contribution in [0.5, 0.6) is 0 Å². The van der Waals surface area contributed by atoms with Crippen molar-refractivity contribution in [3.63, 3.8) is 0 Å². The van der Waals surface area contributed by atoms with E-state index in [1.54, 1.807) is 0 Å². The molecule has 2 heteroatoms. The van der Waals surface area contributed by atoms with Gasteiger partial charge in [-0.05, 0) is 25.1 Å². The van der Waals surface area contributed by atoms with Gasteiger partial charge in [-0.3, -0.25) is 4.90 Å². The number of nitrogens with zero attached hydrogens (tertiary/aromatic N) is 1. The van der Waals surface area contributed by atoms with Gasteiger partial charge in [-0.15, -0.1) is 0 Å². The summed E-state index contributed by atoms with van der Waals surface area (Å²) in [5.41, 5.74) is 1.38. The van der Waals surface area contributed by atoms with E-state index >= 15 is 0 Å². The van der Waals surface area contributed by atoms with Gasteiger partial charge in [0.15, 0.2) is 0 Å². The lowest BCUT2D eigenvalue weighted by Gasteiger charge is -2.29. The van der Waals surface area contributed by atoms with Gasteiger partial charge >= 0.3 is 0 Å². The van der Waals surface area contributed by atoms with Crippen molar-refractivity contribution in [3.05, 3.63) is 71.8 Å². The minimum Gasteiger partial charge on any atom is -0.384 e. The summed E-state index contributed by atoms with van der Waals surface area (Å²) in [5.74, 6) is 0. The molecule has 100 valence electrons. The van der Waals surface area contributed by atoms with Gasteiger partial charge < -0.3 is 5.11 Å². The molecule has 0 saturated carbocycles. The van der Waals surface area contributed by atoms with Crippen LogP contribution in [0.4, 0.5) is 0 Å². The van der Waals surface area contributed by atoms with E-state index in [2.05, 4.69) is 17.0 Å². The van der Waals surface area contributed by atoms with Gasteiger partial charge in [0.1, 0.15) is 0 Å². The molecule has 0 heterocycles. The number of rotatable bonds is 5. The number of hydrogen-bond donors (Lipinski definition) is 1. The molecule has 0 aliphatic rings. The zero-order valence-corrected chi connectivity index (χ0v) is 11.6. The second-order valence-electron chi connectivity index (χ2n) is 5.30. The first-order valence-electron chi connectivity index (χ1n) is 6.58. The van der Waals surface area contributed by atoms with Gasteiger partial charge in [0.2, 0.25) is 0 Å². The summed E-state index contributed by atoms with van der Waals surface area (Å²) >= 11 is 0. The van der Waals surface area contributed by atoms with Crippen molar-refractivity contribution in [2.45, 2.75) is 19.1 Å². The van der Waals surface area contributed by atoms with Crippen molar-refractivity contribution in [2.24, 2.45) is 0 Å². The van der Waals surface area contributed by atoms with Crippen LogP contribution < -0.4 is 0 Å². The number of benzene rings is 2. The van der Waals surface area contributed by atoms with Crippen molar-refractivity contribution in [1.29, 1.82) is 0 Å². The van der Waals surface area contributed by atoms with Gasteiger partial charge in [0, 0.05) is 13.1 Å². The Morgan fingerprint density at radius 3 is 2.05 bits per heavy atom. The van der Waals surface area contributed by atoms with E-state index in [4.69, 9.17) is 0 Å². The van der Waals surface area contributed by atoms with E-state index in [9.17, 15) is 5.11 Å². The first kappa shape index (κ1) is 13.8. The third-order valence-corrected chi connectivity index (χ3v) is 3.27. The fourth-order valence-corrected chi connectivity index (χ4v) is 2.37. The Hall–Kier alpha value is -1.64. The number of aliphatic hydroxyl groups is 1. The molecule has 2 rings (SSSR count). The molecular formula is C17H21NO. The maximum absolute atomic E-state index is 10.6. The highest BCUT2D eigenvalue weighted by atomic mass is 16.3. The second kappa shape index (κ2) is 6.00. The predicted molar refractivity (Wildman–Crippen MR) is 78.8 cm³/mol. The van der Waals surface area contributed by atoms with Crippen molar-refractivity contribution in [1.82, 2.24) is 4.90 Å². The SMILES string of the molecule is CN(Cc1ccccc1)CC(C)(O)c1ccccc1. The van der Waals surface area contributed by atoms with E-state index in [0.29, 0.717) is 6.54 Å². The Bertz CT molecular complexity index is 493. The fraction of sp³-hybridized carbons (Fsp3) is 0.294. The molecule has 2 aromatic carbocycles. The molecule has 0 aromatic heterocycles. The monoisotopic (exact) mass is 255 g/mol. The van der Waals surface area contributed by atoms with E-state index in [1.165, 1.54) is 5.56 Å². The van der Waals surface area contributed by atoms with Crippen molar-refractivity contribution >= 4 is 0 Å². The lowest BCUT2D eigenvalue weighted by molar-refractivity contribution is 0.0214. The van der Waals surface area contributed by atoms with E-state index in [-0.39, 0.29) is 0 Å². The third kappa shape index (κ3) is 3.91. The number of likely N-dealkylation sites (N-methyl/N-ethyl adjacent to an activating group) is 1. The Morgan fingerprint density at radius 1 is 0.947 bits per heavy atom. The summed E-state index contributed by atoms with van der Waals surface area (Å²) in [6.07, 6.45) is 0. The van der Waals surface area contributed by atoms with E-state index in [1.807, 2.05) is 62.5 Å². The summed E-state index contributed by atoms with van der Waals surface area (Å²) in [6, 6.07) is 20.1. The fourth-order valence-electron chi connectivity index (χ4n) is 2.37. The van der Waals surface area contributed by atoms with Gasteiger partial charge in [0.05, 0.1) is 5.60 Å². The van der Waals surface area contributed by atoms with Crippen LogP contribution in [0.1, 0.15) is 18.1 Å². The van der Waals surface area contributed by atoms with Crippen LogP contribution in [0.2, 0.25) is 0 Å². The summed E-state index contributed by atoms with van der Waals surface area (Å²) in [7, 11) is 2.03.